The number of rotatable bonds is 24. The van der Waals surface area contributed by atoms with Crippen LogP contribution in [0.25, 0.3) is 0 Å². The van der Waals surface area contributed by atoms with Gasteiger partial charge in [0.25, 0.3) is 0 Å². The molecule has 44 heavy (non-hydrogen) atoms. The zero-order valence-corrected chi connectivity index (χ0v) is 26.1. The number of carbonyl (C=O) groups excluding carboxylic acids is 4. The van der Waals surface area contributed by atoms with Gasteiger partial charge in [0.15, 0.2) is 0 Å². The Morgan fingerprint density at radius 1 is 0.591 bits per heavy atom. The normalized spacial score (nSPS) is 10.3. The largest absolute Gasteiger partial charge is 0.491 e. The Morgan fingerprint density at radius 3 is 1.61 bits per heavy atom. The molecule has 0 aliphatic rings. The van der Waals surface area contributed by atoms with Crippen molar-refractivity contribution in [3.05, 3.63) is 54.1 Å². The van der Waals surface area contributed by atoms with E-state index in [1.54, 1.807) is 13.8 Å². The van der Waals surface area contributed by atoms with Crippen LogP contribution in [0.5, 0.6) is 5.75 Å². The predicted octanol–water partition coefficient (Wildman–Crippen LogP) is 4.66. The van der Waals surface area contributed by atoms with Gasteiger partial charge >= 0.3 is 24.1 Å². The molecule has 0 heterocycles. The van der Waals surface area contributed by atoms with Crippen LogP contribution in [0.15, 0.2) is 48.6 Å². The Balaban J connectivity index is 1.96. The highest BCUT2D eigenvalue weighted by Gasteiger charge is 2.05. The second-order valence-corrected chi connectivity index (χ2v) is 9.93. The molecule has 12 nitrogen and oxygen atoms in total. The number of ether oxygens (including phenoxy) is 6. The van der Waals surface area contributed by atoms with E-state index in [0.29, 0.717) is 69.3 Å². The fourth-order valence-electron chi connectivity index (χ4n) is 3.39. The third kappa shape index (κ3) is 20.8. The molecule has 0 aliphatic carbocycles. The molecule has 0 fully saturated rings. The van der Waals surface area contributed by atoms with Gasteiger partial charge in [0, 0.05) is 30.7 Å². The Kier molecular flexibility index (Phi) is 21.0. The van der Waals surface area contributed by atoms with Gasteiger partial charge in [-0.3, -0.25) is 0 Å². The number of unbranched alkanes of at least 4 members (excludes halogenated alkanes) is 4. The van der Waals surface area contributed by atoms with Crippen molar-refractivity contribution in [3.8, 4) is 5.75 Å². The lowest BCUT2D eigenvalue weighted by atomic mass is 10.1. The second-order valence-electron chi connectivity index (χ2n) is 9.93. The highest BCUT2D eigenvalue weighted by atomic mass is 16.6. The first-order valence-corrected chi connectivity index (χ1v) is 14.9. The van der Waals surface area contributed by atoms with Crippen LogP contribution in [-0.2, 0) is 39.7 Å². The molecule has 0 radical (unpaired) electrons. The maximum Gasteiger partial charge on any atom is 0.407 e. The van der Waals surface area contributed by atoms with Crippen LogP contribution in [0.2, 0.25) is 0 Å². The smallest absolute Gasteiger partial charge is 0.407 e. The number of esters is 2. The van der Waals surface area contributed by atoms with Crippen LogP contribution in [0, 0.1) is 0 Å². The lowest BCUT2D eigenvalue weighted by molar-refractivity contribution is -0.139. The SMILES string of the molecule is C=C(C)C(=O)OCCCCCNC(=O)OCCOCCOc1ccc(CCOC(=O)NCCCCCOC(=O)C(=C)C)cc1. The van der Waals surface area contributed by atoms with Crippen LogP contribution in [0.4, 0.5) is 9.59 Å². The van der Waals surface area contributed by atoms with Gasteiger partial charge in [0.1, 0.15) is 19.0 Å². The molecule has 1 aromatic rings. The number of benzene rings is 1. The number of alkyl carbamates (subject to hydrolysis) is 2. The summed E-state index contributed by atoms with van der Waals surface area (Å²) in [5.41, 5.74) is 1.76. The number of hydrogen-bond donors (Lipinski definition) is 2. The lowest BCUT2D eigenvalue weighted by Gasteiger charge is -2.10. The van der Waals surface area contributed by atoms with E-state index in [1.807, 2.05) is 24.3 Å². The van der Waals surface area contributed by atoms with Crippen molar-refractivity contribution in [1.82, 2.24) is 10.6 Å². The van der Waals surface area contributed by atoms with Crippen molar-refractivity contribution in [3.63, 3.8) is 0 Å². The zero-order chi connectivity index (χ0) is 32.4. The molecule has 0 aromatic heterocycles. The third-order valence-electron chi connectivity index (χ3n) is 5.85. The van der Waals surface area contributed by atoms with E-state index in [4.69, 9.17) is 28.4 Å². The molecule has 0 saturated heterocycles. The highest BCUT2D eigenvalue weighted by Crippen LogP contribution is 2.12. The number of carbonyl (C=O) groups is 4. The summed E-state index contributed by atoms with van der Waals surface area (Å²) in [4.78, 5) is 46.0. The quantitative estimate of drug-likeness (QED) is 0.0724. The zero-order valence-electron chi connectivity index (χ0n) is 26.1. The average molecular weight is 621 g/mol. The van der Waals surface area contributed by atoms with E-state index in [-0.39, 0.29) is 31.8 Å². The first-order chi connectivity index (χ1) is 21.2. The van der Waals surface area contributed by atoms with Gasteiger partial charge in [-0.15, -0.1) is 0 Å². The summed E-state index contributed by atoms with van der Waals surface area (Å²) in [6.07, 6.45) is 4.19. The molecule has 0 spiro atoms. The maximum absolute atomic E-state index is 11.8. The van der Waals surface area contributed by atoms with E-state index in [0.717, 1.165) is 37.7 Å². The summed E-state index contributed by atoms with van der Waals surface area (Å²) >= 11 is 0. The molecule has 1 aromatic carbocycles. The highest BCUT2D eigenvalue weighted by molar-refractivity contribution is 5.87. The van der Waals surface area contributed by atoms with Gasteiger partial charge in [0.05, 0.1) is 33.0 Å². The molecule has 0 atom stereocenters. The third-order valence-corrected chi connectivity index (χ3v) is 5.85. The summed E-state index contributed by atoms with van der Waals surface area (Å²) in [6.45, 7) is 13.2. The van der Waals surface area contributed by atoms with E-state index in [1.165, 1.54) is 0 Å². The van der Waals surface area contributed by atoms with Crippen LogP contribution in [0.1, 0.15) is 57.9 Å². The molecule has 0 bridgehead atoms. The van der Waals surface area contributed by atoms with Crippen molar-refractivity contribution in [2.24, 2.45) is 0 Å². The molecule has 0 saturated carbocycles. The second kappa shape index (κ2) is 24.4. The van der Waals surface area contributed by atoms with Gasteiger partial charge in [-0.05, 0) is 70.1 Å². The Bertz CT molecular complexity index is 1030. The van der Waals surface area contributed by atoms with E-state index in [2.05, 4.69) is 23.8 Å². The first kappa shape index (κ1) is 38.0. The van der Waals surface area contributed by atoms with Crippen molar-refractivity contribution in [2.75, 3.05) is 59.3 Å². The van der Waals surface area contributed by atoms with E-state index >= 15 is 0 Å². The Hall–Kier alpha value is -4.06. The topological polar surface area (TPSA) is 148 Å². The van der Waals surface area contributed by atoms with E-state index in [9.17, 15) is 19.2 Å². The van der Waals surface area contributed by atoms with Gasteiger partial charge in [-0.25, -0.2) is 19.2 Å². The molecular weight excluding hydrogens is 572 g/mol. The van der Waals surface area contributed by atoms with Gasteiger partial charge in [0.2, 0.25) is 0 Å². The minimum atomic E-state index is -0.503. The monoisotopic (exact) mass is 620 g/mol. The van der Waals surface area contributed by atoms with Gasteiger partial charge in [-0.2, -0.15) is 0 Å². The van der Waals surface area contributed by atoms with Crippen molar-refractivity contribution >= 4 is 24.1 Å². The molecular formula is C32H48N2O10. The predicted molar refractivity (Wildman–Crippen MR) is 164 cm³/mol. The minimum Gasteiger partial charge on any atom is -0.491 e. The van der Waals surface area contributed by atoms with Crippen LogP contribution >= 0.6 is 0 Å². The van der Waals surface area contributed by atoms with E-state index < -0.39 is 12.2 Å². The fourth-order valence-corrected chi connectivity index (χ4v) is 3.39. The minimum absolute atomic E-state index is 0.131. The molecule has 0 aliphatic heterocycles. The molecule has 1 rings (SSSR count). The van der Waals surface area contributed by atoms with Crippen molar-refractivity contribution in [2.45, 2.75) is 58.8 Å². The fraction of sp³-hybridized carbons (Fsp3) is 0.562. The number of nitrogens with one attached hydrogen (secondary N) is 2. The molecule has 2 amide bonds. The summed E-state index contributed by atoms with van der Waals surface area (Å²) in [5, 5.41) is 5.37. The van der Waals surface area contributed by atoms with Gasteiger partial charge < -0.3 is 39.1 Å². The van der Waals surface area contributed by atoms with Crippen LogP contribution in [0.3, 0.4) is 0 Å². The lowest BCUT2D eigenvalue weighted by Crippen LogP contribution is -2.26. The van der Waals surface area contributed by atoms with Crippen molar-refractivity contribution in [1.29, 1.82) is 0 Å². The molecule has 246 valence electrons. The number of hydrogen-bond acceptors (Lipinski definition) is 10. The van der Waals surface area contributed by atoms with Crippen LogP contribution in [-0.4, -0.2) is 83.5 Å². The summed E-state index contributed by atoms with van der Waals surface area (Å²) in [7, 11) is 0. The standard InChI is InChI=1S/C32H48N2O10/c1-25(2)29(35)41-18-9-5-7-16-33-31(37)43-20-15-27-11-13-28(14-12-27)40-23-21-39-22-24-44-32(38)34-17-8-6-10-19-42-30(36)26(3)4/h11-14H,1,3,5-10,15-24H2,2,4H3,(H,33,37)(H,34,38). The maximum atomic E-state index is 11.8. The van der Waals surface area contributed by atoms with Crippen molar-refractivity contribution < 1.29 is 47.6 Å². The average Bonchev–Trinajstić information content (AvgIpc) is 2.99. The summed E-state index contributed by atoms with van der Waals surface area (Å²) < 4.78 is 31.4. The summed E-state index contributed by atoms with van der Waals surface area (Å²) in [5.74, 6) is -0.0838. The molecule has 12 heteroatoms. The Morgan fingerprint density at radius 2 is 1.09 bits per heavy atom. The number of amides is 2. The first-order valence-electron chi connectivity index (χ1n) is 14.9. The van der Waals surface area contributed by atoms with Crippen LogP contribution < -0.4 is 15.4 Å². The van der Waals surface area contributed by atoms with Gasteiger partial charge in [-0.1, -0.05) is 25.3 Å². The Labute approximate surface area is 260 Å². The molecule has 2 N–H and O–H groups in total. The summed E-state index contributed by atoms with van der Waals surface area (Å²) in [6, 6.07) is 7.49. The molecule has 0 unspecified atom stereocenters.